The minimum atomic E-state index is 0.219. The molecule has 0 radical (unpaired) electrons. The van der Waals surface area contributed by atoms with Crippen molar-refractivity contribution >= 4 is 11.3 Å². The van der Waals surface area contributed by atoms with Gasteiger partial charge in [-0.25, -0.2) is 4.98 Å². The molecule has 4 nitrogen and oxygen atoms in total. The van der Waals surface area contributed by atoms with Crippen LogP contribution >= 0.6 is 0 Å². The summed E-state index contributed by atoms with van der Waals surface area (Å²) in [7, 11) is 1.69. The molecule has 1 heterocycles. The van der Waals surface area contributed by atoms with Gasteiger partial charge < -0.3 is 10.8 Å². The van der Waals surface area contributed by atoms with Crippen LogP contribution < -0.4 is 11.2 Å². The van der Waals surface area contributed by atoms with Crippen LogP contribution in [-0.2, 0) is 0 Å². The topological polar surface area (TPSA) is 71.5 Å². The largest absolute Gasteiger partial charge is 0.508 e. The molecule has 0 amide bonds. The molecule has 0 fully saturated rings. The Morgan fingerprint density at radius 3 is 2.81 bits per heavy atom. The van der Waals surface area contributed by atoms with Gasteiger partial charge in [-0.05, 0) is 41.8 Å². The molecule has 21 heavy (non-hydrogen) atoms. The molecule has 2 rings (SSSR count). The zero-order chi connectivity index (χ0) is 15.2. The van der Waals surface area contributed by atoms with Crippen molar-refractivity contribution in [3.05, 3.63) is 65.3 Å². The van der Waals surface area contributed by atoms with Crippen molar-refractivity contribution in [1.82, 2.24) is 4.98 Å². The second kappa shape index (κ2) is 6.70. The molecule has 0 bridgehead atoms. The molecule has 0 spiro atoms. The lowest BCUT2D eigenvalue weighted by atomic mass is 9.97. The summed E-state index contributed by atoms with van der Waals surface area (Å²) in [6.45, 7) is 2.05. The first-order valence-corrected chi connectivity index (χ1v) is 6.85. The summed E-state index contributed by atoms with van der Waals surface area (Å²) in [4.78, 5) is 8.55. The second-order valence-electron chi connectivity index (χ2n) is 4.59. The third-order valence-electron chi connectivity index (χ3n) is 3.12. The number of anilines is 1. The molecular weight excluding hydrogens is 262 g/mol. The summed E-state index contributed by atoms with van der Waals surface area (Å²) in [5.74, 6) is 0.219. The van der Waals surface area contributed by atoms with Crippen molar-refractivity contribution in [3.63, 3.8) is 0 Å². The third kappa shape index (κ3) is 3.28. The van der Waals surface area contributed by atoms with E-state index >= 15 is 0 Å². The minimum absolute atomic E-state index is 0.219. The van der Waals surface area contributed by atoms with Gasteiger partial charge >= 0.3 is 0 Å². The van der Waals surface area contributed by atoms with E-state index < -0.39 is 0 Å². The molecule has 0 saturated carbocycles. The zero-order valence-electron chi connectivity index (χ0n) is 12.2. The molecule has 1 aromatic heterocycles. The van der Waals surface area contributed by atoms with Crippen LogP contribution in [0.4, 0.5) is 5.69 Å². The molecular formula is C17H19N3O. The molecule has 108 valence electrons. The van der Waals surface area contributed by atoms with E-state index in [4.69, 9.17) is 5.73 Å². The van der Waals surface area contributed by atoms with Crippen LogP contribution in [0, 0.1) is 0 Å². The monoisotopic (exact) mass is 281 g/mol. The summed E-state index contributed by atoms with van der Waals surface area (Å²) in [5.41, 5.74) is 9.97. The lowest BCUT2D eigenvalue weighted by Gasteiger charge is -2.10. The molecule has 0 aliphatic heterocycles. The van der Waals surface area contributed by atoms with Crippen molar-refractivity contribution in [2.24, 2.45) is 4.99 Å². The highest BCUT2D eigenvalue weighted by Gasteiger charge is 2.11. The van der Waals surface area contributed by atoms with Gasteiger partial charge in [-0.1, -0.05) is 25.1 Å². The van der Waals surface area contributed by atoms with Crippen LogP contribution in [0.25, 0.3) is 5.57 Å². The fraction of sp³-hybridized carbons (Fsp3) is 0.176. The maximum absolute atomic E-state index is 9.72. The van der Waals surface area contributed by atoms with Crippen LogP contribution in [0.5, 0.6) is 5.75 Å². The first-order valence-electron chi connectivity index (χ1n) is 6.85. The predicted octanol–water partition coefficient (Wildman–Crippen LogP) is 2.74. The van der Waals surface area contributed by atoms with Crippen LogP contribution in [0.15, 0.2) is 53.7 Å². The van der Waals surface area contributed by atoms with E-state index in [1.54, 1.807) is 31.4 Å². The molecule has 4 heteroatoms. The SMILES string of the molecule is CCC=C(c1cccc(O)c1)c1c(N)cccnc1=NC. The number of hydrogen-bond acceptors (Lipinski definition) is 4. The maximum atomic E-state index is 9.72. The molecule has 0 aliphatic carbocycles. The Hall–Kier alpha value is -2.62. The Kier molecular flexibility index (Phi) is 4.72. The van der Waals surface area contributed by atoms with Gasteiger partial charge in [0.2, 0.25) is 0 Å². The van der Waals surface area contributed by atoms with Gasteiger partial charge in [0.05, 0.1) is 0 Å². The fourth-order valence-electron chi connectivity index (χ4n) is 2.22. The number of nitrogens with two attached hydrogens (primary N) is 1. The second-order valence-corrected chi connectivity index (χ2v) is 4.59. The Balaban J connectivity index is 2.78. The number of hydrogen-bond donors (Lipinski definition) is 2. The van der Waals surface area contributed by atoms with Crippen molar-refractivity contribution < 1.29 is 5.11 Å². The third-order valence-corrected chi connectivity index (χ3v) is 3.12. The van der Waals surface area contributed by atoms with Gasteiger partial charge in [0.1, 0.15) is 5.75 Å². The van der Waals surface area contributed by atoms with Crippen LogP contribution in [0.1, 0.15) is 24.5 Å². The quantitative estimate of drug-likeness (QED) is 0.908. The summed E-state index contributed by atoms with van der Waals surface area (Å²) in [6.07, 6.45) is 4.58. The van der Waals surface area contributed by atoms with Crippen LogP contribution in [-0.4, -0.2) is 17.1 Å². The predicted molar refractivity (Wildman–Crippen MR) is 85.6 cm³/mol. The molecule has 0 unspecified atom stereocenters. The first kappa shape index (κ1) is 14.8. The average Bonchev–Trinajstić information content (AvgIpc) is 2.66. The van der Waals surface area contributed by atoms with Crippen molar-refractivity contribution in [3.8, 4) is 5.75 Å². The molecule has 2 aromatic rings. The Morgan fingerprint density at radius 2 is 2.14 bits per heavy atom. The van der Waals surface area contributed by atoms with E-state index in [-0.39, 0.29) is 5.75 Å². The summed E-state index contributed by atoms with van der Waals surface area (Å²) in [5, 5.41) is 9.72. The zero-order valence-corrected chi connectivity index (χ0v) is 12.2. The normalized spacial score (nSPS) is 12.5. The van der Waals surface area contributed by atoms with Gasteiger partial charge in [0.15, 0.2) is 5.49 Å². The standard InChI is InChI=1S/C17H19N3O/c1-3-6-14(12-7-4-8-13(21)11-12)16-15(18)9-5-10-20-17(16)19-2/h4-11,21H,3,18H2,1-2H3. The van der Waals surface area contributed by atoms with Gasteiger partial charge in [-0.15, -0.1) is 0 Å². The van der Waals surface area contributed by atoms with Gasteiger partial charge in [-0.3, -0.25) is 4.99 Å². The maximum Gasteiger partial charge on any atom is 0.156 e. The highest BCUT2D eigenvalue weighted by atomic mass is 16.3. The first-order chi connectivity index (χ1) is 10.2. The molecule has 0 atom stereocenters. The molecule has 0 aliphatic rings. The summed E-state index contributed by atoms with van der Waals surface area (Å²) < 4.78 is 0. The molecule has 3 N–H and O–H groups in total. The number of rotatable bonds is 3. The van der Waals surface area contributed by atoms with E-state index in [1.165, 1.54) is 0 Å². The number of phenols is 1. The Bertz CT molecular complexity index is 736. The lowest BCUT2D eigenvalue weighted by molar-refractivity contribution is 0.475. The lowest BCUT2D eigenvalue weighted by Crippen LogP contribution is -2.13. The number of phenolic OH excluding ortho intramolecular Hbond substituents is 1. The van der Waals surface area contributed by atoms with Gasteiger partial charge in [0, 0.05) is 24.5 Å². The van der Waals surface area contributed by atoms with E-state index in [1.807, 2.05) is 18.2 Å². The number of nitrogens with zero attached hydrogens (tertiary/aromatic N) is 2. The minimum Gasteiger partial charge on any atom is -0.508 e. The average molecular weight is 281 g/mol. The van der Waals surface area contributed by atoms with Crippen molar-refractivity contribution in [2.45, 2.75) is 13.3 Å². The fourth-order valence-corrected chi connectivity index (χ4v) is 2.22. The highest BCUT2D eigenvalue weighted by molar-refractivity contribution is 5.85. The smallest absolute Gasteiger partial charge is 0.156 e. The van der Waals surface area contributed by atoms with E-state index in [0.717, 1.165) is 23.1 Å². The van der Waals surface area contributed by atoms with E-state index in [0.29, 0.717) is 11.2 Å². The van der Waals surface area contributed by atoms with Crippen LogP contribution in [0.2, 0.25) is 0 Å². The van der Waals surface area contributed by atoms with Gasteiger partial charge in [0.25, 0.3) is 0 Å². The number of aromatic hydroxyl groups is 1. The van der Waals surface area contributed by atoms with Crippen LogP contribution in [0.3, 0.4) is 0 Å². The molecule has 0 saturated heterocycles. The Morgan fingerprint density at radius 1 is 1.33 bits per heavy atom. The van der Waals surface area contributed by atoms with Crippen molar-refractivity contribution in [1.29, 1.82) is 0 Å². The number of benzene rings is 1. The molecule has 1 aromatic carbocycles. The van der Waals surface area contributed by atoms with E-state index in [9.17, 15) is 5.11 Å². The Labute approximate surface area is 124 Å². The highest BCUT2D eigenvalue weighted by Crippen LogP contribution is 2.27. The van der Waals surface area contributed by atoms with E-state index in [2.05, 4.69) is 23.0 Å². The summed E-state index contributed by atoms with van der Waals surface area (Å²) in [6, 6.07) is 10.7. The number of aromatic nitrogens is 1. The van der Waals surface area contributed by atoms with Gasteiger partial charge in [-0.2, -0.15) is 0 Å². The summed E-state index contributed by atoms with van der Waals surface area (Å²) >= 11 is 0. The number of allylic oxidation sites excluding steroid dienone is 1. The van der Waals surface area contributed by atoms with Crippen molar-refractivity contribution in [2.75, 3.05) is 12.8 Å². The number of nitrogen functional groups attached to an aromatic ring is 1.